The molecule has 2 aromatic carbocycles. The van der Waals surface area contributed by atoms with Gasteiger partial charge in [0.2, 0.25) is 0 Å². The van der Waals surface area contributed by atoms with Gasteiger partial charge in [0, 0.05) is 12.1 Å². The van der Waals surface area contributed by atoms with E-state index in [0.717, 1.165) is 59.1 Å². The fourth-order valence-electron chi connectivity index (χ4n) is 2.42. The topological polar surface area (TPSA) is 86.5 Å². The Bertz CT molecular complexity index is 1040. The number of rotatable bonds is 3. The van der Waals surface area contributed by atoms with Crippen LogP contribution in [0.25, 0.3) is 6.08 Å². The molecule has 0 unspecified atom stereocenters. The molecule has 0 saturated carbocycles. The zero-order valence-electron chi connectivity index (χ0n) is 13.6. The quantitative estimate of drug-likeness (QED) is 0.319. The molecule has 11 heteroatoms. The molecule has 0 bridgehead atoms. The van der Waals surface area contributed by atoms with Crippen molar-refractivity contribution in [2.75, 3.05) is 4.90 Å². The van der Waals surface area contributed by atoms with Crippen LogP contribution in [0.4, 0.5) is 24.5 Å². The Balaban J connectivity index is 1.98. The van der Waals surface area contributed by atoms with Crippen molar-refractivity contribution in [3.8, 4) is 5.75 Å². The van der Waals surface area contributed by atoms with E-state index in [1.807, 2.05) is 0 Å². The van der Waals surface area contributed by atoms with E-state index in [4.69, 9.17) is 12.2 Å². The lowest BCUT2D eigenvalue weighted by atomic mass is 10.1. The molecule has 0 radical (unpaired) electrons. The largest absolute Gasteiger partial charge is 0.872 e. The summed E-state index contributed by atoms with van der Waals surface area (Å²) in [7, 11) is 0. The number of amides is 1. The summed E-state index contributed by atoms with van der Waals surface area (Å²) >= 11 is 5.88. The molecule has 6 nitrogen and oxygen atoms in total. The fourth-order valence-corrected chi connectivity index (χ4v) is 3.70. The van der Waals surface area contributed by atoms with E-state index in [9.17, 15) is 33.2 Å². The van der Waals surface area contributed by atoms with E-state index in [1.165, 1.54) is 6.07 Å². The lowest BCUT2D eigenvalue weighted by Crippen LogP contribution is -2.27. The minimum atomic E-state index is -4.59. The van der Waals surface area contributed by atoms with Gasteiger partial charge in [0.1, 0.15) is 0 Å². The molecular weight excluding hydrogens is 417 g/mol. The number of carbonyl (C=O) groups is 1. The van der Waals surface area contributed by atoms with Crippen molar-refractivity contribution in [3.63, 3.8) is 0 Å². The predicted octanol–water partition coefficient (Wildman–Crippen LogP) is 4.09. The highest BCUT2D eigenvalue weighted by Gasteiger charge is 2.36. The van der Waals surface area contributed by atoms with Crippen molar-refractivity contribution in [3.05, 3.63) is 68.6 Å². The van der Waals surface area contributed by atoms with E-state index in [1.54, 1.807) is 0 Å². The fraction of sp³-hybridized carbons (Fsp3) is 0.0588. The molecule has 0 aromatic heterocycles. The van der Waals surface area contributed by atoms with Crippen LogP contribution in [0.1, 0.15) is 11.1 Å². The Morgan fingerprint density at radius 1 is 1.18 bits per heavy atom. The van der Waals surface area contributed by atoms with E-state index in [0.29, 0.717) is 0 Å². The number of hydrogen-bond donors (Lipinski definition) is 0. The van der Waals surface area contributed by atoms with Gasteiger partial charge in [-0.3, -0.25) is 19.8 Å². The van der Waals surface area contributed by atoms with Gasteiger partial charge in [-0.2, -0.15) is 13.2 Å². The minimum absolute atomic E-state index is 0.0199. The summed E-state index contributed by atoms with van der Waals surface area (Å²) < 4.78 is 38.7. The van der Waals surface area contributed by atoms with Gasteiger partial charge in [-0.1, -0.05) is 36.1 Å². The molecule has 1 aliphatic rings. The number of nitro benzene ring substituents is 1. The average molecular weight is 425 g/mol. The monoisotopic (exact) mass is 425 g/mol. The van der Waals surface area contributed by atoms with Gasteiger partial charge in [0.05, 0.1) is 21.1 Å². The molecule has 2 aromatic rings. The zero-order valence-corrected chi connectivity index (χ0v) is 15.2. The molecule has 0 spiro atoms. The Labute approximate surface area is 165 Å². The van der Waals surface area contributed by atoms with Gasteiger partial charge in [0.25, 0.3) is 11.6 Å². The first-order valence-corrected chi connectivity index (χ1v) is 8.71. The third-order valence-corrected chi connectivity index (χ3v) is 5.02. The maximum absolute atomic E-state index is 12.9. The normalized spacial score (nSPS) is 16.1. The smallest absolute Gasteiger partial charge is 0.416 e. The van der Waals surface area contributed by atoms with E-state index < -0.39 is 28.3 Å². The maximum Gasteiger partial charge on any atom is 0.416 e. The highest BCUT2D eigenvalue weighted by Crippen LogP contribution is 2.39. The van der Waals surface area contributed by atoms with Gasteiger partial charge in [-0.15, -0.1) is 5.75 Å². The van der Waals surface area contributed by atoms with Crippen LogP contribution in [0.3, 0.4) is 0 Å². The number of thioether (sulfide) groups is 1. The Morgan fingerprint density at radius 3 is 2.54 bits per heavy atom. The van der Waals surface area contributed by atoms with Crippen LogP contribution in [-0.2, 0) is 11.0 Å². The number of hydrogen-bond acceptors (Lipinski definition) is 6. The summed E-state index contributed by atoms with van der Waals surface area (Å²) in [4.78, 5) is 23.7. The van der Waals surface area contributed by atoms with Crippen LogP contribution < -0.4 is 10.0 Å². The second-order valence-electron chi connectivity index (χ2n) is 5.54. The van der Waals surface area contributed by atoms with Gasteiger partial charge in [-0.05, 0) is 29.8 Å². The summed E-state index contributed by atoms with van der Waals surface area (Å²) in [5.74, 6) is -1.27. The second kappa shape index (κ2) is 7.24. The van der Waals surface area contributed by atoms with Crippen LogP contribution >= 0.6 is 24.0 Å². The van der Waals surface area contributed by atoms with Crippen molar-refractivity contribution in [1.82, 2.24) is 0 Å². The van der Waals surface area contributed by atoms with Crippen LogP contribution in [-0.4, -0.2) is 15.2 Å². The molecule has 0 atom stereocenters. The Kier molecular flexibility index (Phi) is 5.13. The second-order valence-corrected chi connectivity index (χ2v) is 7.22. The van der Waals surface area contributed by atoms with E-state index >= 15 is 0 Å². The number of benzene rings is 2. The third-order valence-electron chi connectivity index (χ3n) is 3.72. The van der Waals surface area contributed by atoms with Gasteiger partial charge in [0.15, 0.2) is 4.32 Å². The molecule has 0 aliphatic carbocycles. The van der Waals surface area contributed by atoms with Gasteiger partial charge in [-0.25, -0.2) is 0 Å². The zero-order chi connectivity index (χ0) is 20.6. The summed E-state index contributed by atoms with van der Waals surface area (Å²) in [5, 5.41) is 22.8. The van der Waals surface area contributed by atoms with E-state index in [2.05, 4.69) is 0 Å². The maximum atomic E-state index is 12.9. The van der Waals surface area contributed by atoms with Crippen LogP contribution in [0, 0.1) is 10.1 Å². The molecule has 3 rings (SSSR count). The van der Waals surface area contributed by atoms with Crippen molar-refractivity contribution in [1.29, 1.82) is 0 Å². The van der Waals surface area contributed by atoms with Crippen LogP contribution in [0.15, 0.2) is 47.4 Å². The SMILES string of the molecule is O=C1/C(=C/c2cc([N+](=O)[O-])ccc2[O-])SC(=S)N1c1cccc(C(F)(F)F)c1. The number of nitrogens with zero attached hydrogens (tertiary/aromatic N) is 2. The van der Waals surface area contributed by atoms with Crippen molar-refractivity contribution in [2.45, 2.75) is 6.18 Å². The summed E-state index contributed by atoms with van der Waals surface area (Å²) in [6, 6.07) is 7.15. The molecule has 144 valence electrons. The lowest BCUT2D eigenvalue weighted by molar-refractivity contribution is -0.385. The minimum Gasteiger partial charge on any atom is -0.872 e. The highest BCUT2D eigenvalue weighted by atomic mass is 32.2. The summed E-state index contributed by atoms with van der Waals surface area (Å²) in [5.41, 5.74) is -1.44. The van der Waals surface area contributed by atoms with Gasteiger partial charge >= 0.3 is 6.18 Å². The third kappa shape index (κ3) is 3.85. The summed E-state index contributed by atoms with van der Waals surface area (Å²) in [6.07, 6.45) is -3.45. The molecule has 1 saturated heterocycles. The molecule has 1 aliphatic heterocycles. The van der Waals surface area contributed by atoms with Crippen molar-refractivity contribution in [2.24, 2.45) is 0 Å². The van der Waals surface area contributed by atoms with Gasteiger partial charge < -0.3 is 5.11 Å². The molecule has 0 N–H and O–H groups in total. The molecular formula is C17H8F3N2O4S2-. The molecule has 1 heterocycles. The Hall–Kier alpha value is -2.92. The number of alkyl halides is 3. The first-order valence-electron chi connectivity index (χ1n) is 7.48. The van der Waals surface area contributed by atoms with Crippen LogP contribution in [0.2, 0.25) is 0 Å². The number of nitro groups is 1. The number of thiocarbonyl (C=S) groups is 1. The number of halogens is 3. The highest BCUT2D eigenvalue weighted by molar-refractivity contribution is 8.27. The average Bonchev–Trinajstić information content (AvgIpc) is 2.89. The van der Waals surface area contributed by atoms with Crippen LogP contribution in [0.5, 0.6) is 5.75 Å². The standard InChI is InChI=1S/C17H9F3N2O4S2/c18-17(19,20)10-2-1-3-11(8-10)21-15(24)14(28-16(21)27)7-9-6-12(22(25)26)4-5-13(9)23/h1-8,23H/p-1/b14-7-. The predicted molar refractivity (Wildman–Crippen MR) is 99.6 cm³/mol. The Morgan fingerprint density at radius 2 is 1.89 bits per heavy atom. The van der Waals surface area contributed by atoms with E-state index in [-0.39, 0.29) is 26.2 Å². The molecule has 28 heavy (non-hydrogen) atoms. The van der Waals surface area contributed by atoms with Crippen molar-refractivity contribution >= 4 is 51.7 Å². The first kappa shape index (κ1) is 19.8. The summed E-state index contributed by atoms with van der Waals surface area (Å²) in [6.45, 7) is 0. The lowest BCUT2D eigenvalue weighted by Gasteiger charge is -2.16. The van der Waals surface area contributed by atoms with Crippen molar-refractivity contribution < 1.29 is 28.0 Å². The number of non-ortho nitro benzene ring substituents is 1. The molecule has 1 amide bonds. The first-order chi connectivity index (χ1) is 13.1. The number of anilines is 1. The molecule has 1 fully saturated rings. The number of carbonyl (C=O) groups excluding carboxylic acids is 1.